The van der Waals surface area contributed by atoms with Gasteiger partial charge in [-0.15, -0.1) is 0 Å². The van der Waals surface area contributed by atoms with Crippen molar-refractivity contribution in [3.8, 4) is 0 Å². The number of pyridine rings is 1. The summed E-state index contributed by atoms with van der Waals surface area (Å²) in [6.45, 7) is 2.01. The van der Waals surface area contributed by atoms with Crippen molar-refractivity contribution in [2.75, 3.05) is 26.3 Å². The Morgan fingerprint density at radius 2 is 1.84 bits per heavy atom. The lowest BCUT2D eigenvalue weighted by molar-refractivity contribution is -0.131. The van der Waals surface area contributed by atoms with Crippen LogP contribution in [0.2, 0.25) is 0 Å². The van der Waals surface area contributed by atoms with E-state index in [1.165, 1.54) is 0 Å². The Morgan fingerprint density at radius 1 is 1.08 bits per heavy atom. The van der Waals surface area contributed by atoms with Crippen molar-refractivity contribution in [1.29, 1.82) is 0 Å². The van der Waals surface area contributed by atoms with Gasteiger partial charge in [-0.05, 0) is 29.8 Å². The summed E-state index contributed by atoms with van der Waals surface area (Å²) in [7, 11) is 0. The Balaban J connectivity index is 1.85. The molecule has 6 nitrogen and oxygen atoms in total. The molecule has 1 aromatic carbocycles. The standard InChI is InChI=1S/C19H19N3O3/c23-18(16-6-2-1-3-7-16)21-17(13-15-5-4-8-20-14-15)19(24)22-9-11-25-12-10-22/h1-8,13-14H,9-12H2,(H,21,23). The summed E-state index contributed by atoms with van der Waals surface area (Å²) >= 11 is 0. The van der Waals surface area contributed by atoms with Gasteiger partial charge in [0.1, 0.15) is 5.70 Å². The molecule has 2 aromatic rings. The fourth-order valence-electron chi connectivity index (χ4n) is 2.50. The second kappa shape index (κ2) is 8.21. The number of ether oxygens (including phenoxy) is 1. The number of rotatable bonds is 4. The lowest BCUT2D eigenvalue weighted by Gasteiger charge is -2.27. The van der Waals surface area contributed by atoms with Crippen LogP contribution >= 0.6 is 0 Å². The summed E-state index contributed by atoms with van der Waals surface area (Å²) in [6.07, 6.45) is 4.94. The summed E-state index contributed by atoms with van der Waals surface area (Å²) in [5.74, 6) is -0.547. The highest BCUT2D eigenvalue weighted by atomic mass is 16.5. The first-order valence-electron chi connectivity index (χ1n) is 8.09. The molecule has 0 unspecified atom stereocenters. The molecule has 1 aliphatic rings. The molecular formula is C19H19N3O3. The van der Waals surface area contributed by atoms with Crippen LogP contribution in [0.3, 0.4) is 0 Å². The quantitative estimate of drug-likeness (QED) is 0.862. The number of nitrogens with one attached hydrogen (secondary N) is 1. The molecule has 0 saturated carbocycles. The first-order valence-corrected chi connectivity index (χ1v) is 8.09. The highest BCUT2D eigenvalue weighted by Crippen LogP contribution is 2.10. The lowest BCUT2D eigenvalue weighted by atomic mass is 10.2. The maximum atomic E-state index is 12.8. The average Bonchev–Trinajstić information content (AvgIpc) is 2.69. The minimum atomic E-state index is -0.322. The van der Waals surface area contributed by atoms with Crippen LogP contribution in [-0.2, 0) is 9.53 Å². The van der Waals surface area contributed by atoms with Gasteiger partial charge in [0.25, 0.3) is 11.8 Å². The predicted molar refractivity (Wildman–Crippen MR) is 93.5 cm³/mol. The monoisotopic (exact) mass is 337 g/mol. The van der Waals surface area contributed by atoms with Gasteiger partial charge in [-0.1, -0.05) is 24.3 Å². The zero-order chi connectivity index (χ0) is 17.5. The van der Waals surface area contributed by atoms with E-state index >= 15 is 0 Å². The third-order valence-electron chi connectivity index (χ3n) is 3.81. The number of nitrogens with zero attached hydrogens (tertiary/aromatic N) is 2. The first-order chi connectivity index (χ1) is 12.2. The summed E-state index contributed by atoms with van der Waals surface area (Å²) in [4.78, 5) is 31.0. The third kappa shape index (κ3) is 4.51. The van der Waals surface area contributed by atoms with Crippen LogP contribution < -0.4 is 5.32 Å². The zero-order valence-corrected chi connectivity index (χ0v) is 13.7. The number of hydrogen-bond acceptors (Lipinski definition) is 4. The second-order valence-electron chi connectivity index (χ2n) is 5.57. The summed E-state index contributed by atoms with van der Waals surface area (Å²) in [5.41, 5.74) is 1.46. The Hall–Kier alpha value is -2.99. The molecule has 0 radical (unpaired) electrons. The molecule has 25 heavy (non-hydrogen) atoms. The Bertz CT molecular complexity index is 754. The fourth-order valence-corrected chi connectivity index (χ4v) is 2.50. The zero-order valence-electron chi connectivity index (χ0n) is 13.7. The molecule has 0 spiro atoms. The van der Waals surface area contributed by atoms with E-state index in [4.69, 9.17) is 4.74 Å². The smallest absolute Gasteiger partial charge is 0.270 e. The Labute approximate surface area is 146 Å². The van der Waals surface area contributed by atoms with Gasteiger partial charge in [-0.25, -0.2) is 0 Å². The van der Waals surface area contributed by atoms with Crippen molar-refractivity contribution in [3.05, 3.63) is 71.7 Å². The SMILES string of the molecule is O=C(NC(=Cc1cccnc1)C(=O)N1CCOCC1)c1ccccc1. The summed E-state index contributed by atoms with van der Waals surface area (Å²) in [5, 5.41) is 2.74. The van der Waals surface area contributed by atoms with E-state index in [2.05, 4.69) is 10.3 Å². The number of carbonyl (C=O) groups excluding carboxylic acids is 2. The molecule has 128 valence electrons. The van der Waals surface area contributed by atoms with Crippen molar-refractivity contribution < 1.29 is 14.3 Å². The number of carbonyl (C=O) groups is 2. The van der Waals surface area contributed by atoms with E-state index in [0.717, 1.165) is 5.56 Å². The molecule has 0 aliphatic carbocycles. The van der Waals surface area contributed by atoms with E-state index in [1.807, 2.05) is 12.1 Å². The maximum Gasteiger partial charge on any atom is 0.270 e. The van der Waals surface area contributed by atoms with Crippen LogP contribution in [0.5, 0.6) is 0 Å². The Morgan fingerprint density at radius 3 is 2.52 bits per heavy atom. The largest absolute Gasteiger partial charge is 0.378 e. The van der Waals surface area contributed by atoms with Crippen LogP contribution in [0.25, 0.3) is 6.08 Å². The van der Waals surface area contributed by atoms with Crippen LogP contribution in [0, 0.1) is 0 Å². The normalized spacial score (nSPS) is 14.9. The number of hydrogen-bond donors (Lipinski definition) is 1. The van der Waals surface area contributed by atoms with Crippen molar-refractivity contribution in [2.24, 2.45) is 0 Å². The van der Waals surface area contributed by atoms with E-state index in [0.29, 0.717) is 31.9 Å². The van der Waals surface area contributed by atoms with Crippen LogP contribution in [0.15, 0.2) is 60.6 Å². The molecule has 0 atom stereocenters. The van der Waals surface area contributed by atoms with E-state index in [1.54, 1.807) is 53.7 Å². The van der Waals surface area contributed by atoms with Crippen LogP contribution in [0.1, 0.15) is 15.9 Å². The van der Waals surface area contributed by atoms with Crippen molar-refractivity contribution in [1.82, 2.24) is 15.2 Å². The number of aromatic nitrogens is 1. The molecule has 1 aliphatic heterocycles. The van der Waals surface area contributed by atoms with Gasteiger partial charge < -0.3 is 15.0 Å². The van der Waals surface area contributed by atoms with Crippen molar-refractivity contribution >= 4 is 17.9 Å². The van der Waals surface area contributed by atoms with E-state index in [9.17, 15) is 9.59 Å². The number of benzene rings is 1. The minimum absolute atomic E-state index is 0.226. The first kappa shape index (κ1) is 16.9. The van der Waals surface area contributed by atoms with Crippen molar-refractivity contribution in [3.63, 3.8) is 0 Å². The fraction of sp³-hybridized carbons (Fsp3) is 0.211. The number of morpholine rings is 1. The highest BCUT2D eigenvalue weighted by Gasteiger charge is 2.22. The molecule has 1 aromatic heterocycles. The third-order valence-corrected chi connectivity index (χ3v) is 3.81. The van der Waals surface area contributed by atoms with Gasteiger partial charge in [-0.2, -0.15) is 0 Å². The minimum Gasteiger partial charge on any atom is -0.378 e. The predicted octanol–water partition coefficient (Wildman–Crippen LogP) is 1.71. The van der Waals surface area contributed by atoms with Gasteiger partial charge in [0, 0.05) is 31.0 Å². The molecule has 2 amide bonds. The average molecular weight is 337 g/mol. The summed E-state index contributed by atoms with van der Waals surface area (Å²) in [6, 6.07) is 12.4. The van der Waals surface area contributed by atoms with Crippen LogP contribution in [0.4, 0.5) is 0 Å². The van der Waals surface area contributed by atoms with E-state index in [-0.39, 0.29) is 17.5 Å². The highest BCUT2D eigenvalue weighted by molar-refractivity contribution is 6.05. The van der Waals surface area contributed by atoms with E-state index < -0.39 is 0 Å². The van der Waals surface area contributed by atoms with Gasteiger partial charge in [0.15, 0.2) is 0 Å². The molecule has 1 N–H and O–H groups in total. The second-order valence-corrected chi connectivity index (χ2v) is 5.57. The molecule has 2 heterocycles. The number of amides is 2. The molecule has 3 rings (SSSR count). The maximum absolute atomic E-state index is 12.8. The Kier molecular flexibility index (Phi) is 5.53. The lowest BCUT2D eigenvalue weighted by Crippen LogP contribution is -2.44. The van der Waals surface area contributed by atoms with Gasteiger partial charge in [-0.3, -0.25) is 14.6 Å². The molecular weight excluding hydrogens is 318 g/mol. The molecule has 1 fully saturated rings. The molecule has 1 saturated heterocycles. The summed E-state index contributed by atoms with van der Waals surface area (Å²) < 4.78 is 5.29. The van der Waals surface area contributed by atoms with Crippen LogP contribution in [-0.4, -0.2) is 48.0 Å². The molecule has 6 heteroatoms. The van der Waals surface area contributed by atoms with Gasteiger partial charge in [0.2, 0.25) is 0 Å². The van der Waals surface area contributed by atoms with Gasteiger partial charge >= 0.3 is 0 Å². The molecule has 0 bridgehead atoms. The van der Waals surface area contributed by atoms with Gasteiger partial charge in [0.05, 0.1) is 13.2 Å². The van der Waals surface area contributed by atoms with Crippen molar-refractivity contribution in [2.45, 2.75) is 0 Å². The topological polar surface area (TPSA) is 71.5 Å².